The topological polar surface area (TPSA) is 72.5 Å². The maximum atomic E-state index is 11.7. The molecular weight excluding hydrogens is 338 g/mol. The normalized spacial score (nSPS) is 12.4. The van der Waals surface area contributed by atoms with Gasteiger partial charge in [-0.3, -0.25) is 4.79 Å². The van der Waals surface area contributed by atoms with Crippen LogP contribution in [0, 0.1) is 0 Å². The van der Waals surface area contributed by atoms with E-state index < -0.39 is 0 Å². The number of nitrogens with zero attached hydrogens (tertiary/aromatic N) is 1. The highest BCUT2D eigenvalue weighted by atomic mass is 35.5. The Hall–Kier alpha value is -1.83. The number of amides is 1. The van der Waals surface area contributed by atoms with Crippen LogP contribution >= 0.6 is 23.7 Å². The second-order valence-electron chi connectivity index (χ2n) is 4.80. The Balaban J connectivity index is 0.00000192. The van der Waals surface area contributed by atoms with E-state index in [1.165, 1.54) is 11.3 Å². The highest BCUT2D eigenvalue weighted by Gasteiger charge is 2.14. The van der Waals surface area contributed by atoms with Gasteiger partial charge in [0.2, 0.25) is 5.91 Å². The molecule has 0 atom stereocenters. The minimum atomic E-state index is -0.0441. The number of benzene rings is 1. The average molecular weight is 356 g/mol. The largest absolute Gasteiger partial charge is 0.486 e. The second-order valence-corrected chi connectivity index (χ2v) is 5.66. The number of rotatable bonds is 5. The molecule has 8 heteroatoms. The molecule has 0 spiro atoms. The van der Waals surface area contributed by atoms with Crippen molar-refractivity contribution in [3.63, 3.8) is 0 Å². The van der Waals surface area contributed by atoms with Crippen LogP contribution in [0.4, 0.5) is 5.13 Å². The third-order valence-electron chi connectivity index (χ3n) is 3.19. The van der Waals surface area contributed by atoms with Gasteiger partial charge in [0.15, 0.2) is 16.6 Å². The Morgan fingerprint density at radius 1 is 1.30 bits per heavy atom. The van der Waals surface area contributed by atoms with Gasteiger partial charge in [-0.05, 0) is 25.2 Å². The van der Waals surface area contributed by atoms with Crippen LogP contribution < -0.4 is 20.1 Å². The predicted molar refractivity (Wildman–Crippen MR) is 93.0 cm³/mol. The highest BCUT2D eigenvalue weighted by molar-refractivity contribution is 7.14. The van der Waals surface area contributed by atoms with Gasteiger partial charge < -0.3 is 20.1 Å². The summed E-state index contributed by atoms with van der Waals surface area (Å²) in [4.78, 5) is 16.1. The minimum Gasteiger partial charge on any atom is -0.486 e. The fourth-order valence-electron chi connectivity index (χ4n) is 2.09. The number of anilines is 1. The molecule has 1 amide bonds. The van der Waals surface area contributed by atoms with Gasteiger partial charge in [0, 0.05) is 23.9 Å². The summed E-state index contributed by atoms with van der Waals surface area (Å²) in [6.45, 7) is 1.78. The molecular formula is C15H18ClN3O3S. The van der Waals surface area contributed by atoms with Crippen LogP contribution in [0.3, 0.4) is 0 Å². The summed E-state index contributed by atoms with van der Waals surface area (Å²) >= 11 is 1.41. The number of thiazole rings is 1. The van der Waals surface area contributed by atoms with Crippen molar-refractivity contribution in [2.45, 2.75) is 6.42 Å². The predicted octanol–water partition coefficient (Wildman–Crippen LogP) is 2.55. The molecule has 6 nitrogen and oxygen atoms in total. The third-order valence-corrected chi connectivity index (χ3v) is 3.95. The lowest BCUT2D eigenvalue weighted by Gasteiger charge is -2.18. The van der Waals surface area contributed by atoms with E-state index in [1.807, 2.05) is 30.6 Å². The molecule has 0 fully saturated rings. The molecule has 1 aromatic heterocycles. The third kappa shape index (κ3) is 4.34. The van der Waals surface area contributed by atoms with Crippen LogP contribution in [0.15, 0.2) is 23.6 Å². The van der Waals surface area contributed by atoms with E-state index >= 15 is 0 Å². The van der Waals surface area contributed by atoms with Gasteiger partial charge in [0.1, 0.15) is 13.2 Å². The first kappa shape index (κ1) is 17.5. The second kappa shape index (κ2) is 8.14. The summed E-state index contributed by atoms with van der Waals surface area (Å²) < 4.78 is 11.1. The lowest BCUT2D eigenvalue weighted by molar-refractivity contribution is -0.116. The molecule has 1 aliphatic heterocycles. The number of aromatic nitrogens is 1. The first-order chi connectivity index (χ1) is 10.8. The summed E-state index contributed by atoms with van der Waals surface area (Å²) in [5.41, 5.74) is 1.75. The van der Waals surface area contributed by atoms with E-state index in [1.54, 1.807) is 0 Å². The Bertz CT molecular complexity index is 678. The van der Waals surface area contributed by atoms with E-state index in [0.717, 1.165) is 22.8 Å². The van der Waals surface area contributed by atoms with Crippen LogP contribution in [0.25, 0.3) is 11.3 Å². The maximum Gasteiger partial charge on any atom is 0.227 e. The number of carbonyl (C=O) groups is 1. The van der Waals surface area contributed by atoms with Gasteiger partial charge in [-0.1, -0.05) is 0 Å². The monoisotopic (exact) mass is 355 g/mol. The summed E-state index contributed by atoms with van der Waals surface area (Å²) in [6.07, 6.45) is 0.426. The molecule has 0 bridgehead atoms. The Morgan fingerprint density at radius 2 is 2.09 bits per heavy atom. The highest BCUT2D eigenvalue weighted by Crippen LogP contribution is 2.35. The van der Waals surface area contributed by atoms with Crippen molar-refractivity contribution in [1.82, 2.24) is 10.3 Å². The number of hydrogen-bond donors (Lipinski definition) is 2. The van der Waals surface area contributed by atoms with Gasteiger partial charge >= 0.3 is 0 Å². The Labute approximate surface area is 144 Å². The van der Waals surface area contributed by atoms with Crippen LogP contribution in [0.1, 0.15) is 6.42 Å². The molecule has 2 heterocycles. The molecule has 23 heavy (non-hydrogen) atoms. The van der Waals surface area contributed by atoms with Crippen molar-refractivity contribution in [3.8, 4) is 22.8 Å². The first-order valence-electron chi connectivity index (χ1n) is 7.06. The summed E-state index contributed by atoms with van der Waals surface area (Å²) in [6, 6.07) is 5.74. The van der Waals surface area contributed by atoms with Gasteiger partial charge in [-0.25, -0.2) is 4.98 Å². The fraction of sp³-hybridized carbons (Fsp3) is 0.333. The Kier molecular flexibility index (Phi) is 6.20. The number of hydrogen-bond acceptors (Lipinski definition) is 6. The molecule has 2 aromatic rings. The SMILES string of the molecule is CNCCC(=O)Nc1nc(-c2ccc3c(c2)OCCO3)cs1.Cl. The standard InChI is InChI=1S/C15H17N3O3S.ClH/c1-16-5-4-14(19)18-15-17-11(9-22-15)10-2-3-12-13(8-10)21-7-6-20-12;/h2-3,8-9,16H,4-7H2,1H3,(H,17,18,19);1H. The fourth-order valence-corrected chi connectivity index (χ4v) is 2.82. The van der Waals surface area contributed by atoms with Crippen molar-refractivity contribution in [3.05, 3.63) is 23.6 Å². The number of halogens is 1. The molecule has 0 radical (unpaired) electrons. The number of nitrogens with one attached hydrogen (secondary N) is 2. The van der Waals surface area contributed by atoms with Crippen LogP contribution in [0.2, 0.25) is 0 Å². The molecule has 0 saturated heterocycles. The lowest BCUT2D eigenvalue weighted by Crippen LogP contribution is -2.18. The summed E-state index contributed by atoms with van der Waals surface area (Å²) in [5.74, 6) is 1.44. The van der Waals surface area contributed by atoms with Crippen molar-refractivity contribution < 1.29 is 14.3 Å². The van der Waals surface area contributed by atoms with Gasteiger partial charge in [0.05, 0.1) is 5.69 Å². The van der Waals surface area contributed by atoms with Crippen molar-refractivity contribution in [1.29, 1.82) is 0 Å². The quantitative estimate of drug-likeness (QED) is 0.862. The van der Waals surface area contributed by atoms with Crippen LogP contribution in [-0.4, -0.2) is 37.7 Å². The van der Waals surface area contributed by atoms with E-state index in [-0.39, 0.29) is 18.3 Å². The minimum absolute atomic E-state index is 0. The Morgan fingerprint density at radius 3 is 2.87 bits per heavy atom. The summed E-state index contributed by atoms with van der Waals surface area (Å²) in [5, 5.41) is 8.26. The zero-order chi connectivity index (χ0) is 15.4. The van der Waals surface area contributed by atoms with E-state index in [4.69, 9.17) is 9.47 Å². The average Bonchev–Trinajstić information content (AvgIpc) is 3.01. The van der Waals surface area contributed by atoms with E-state index in [9.17, 15) is 4.79 Å². The molecule has 0 saturated carbocycles. The molecule has 3 rings (SSSR count). The van der Waals surface area contributed by atoms with Crippen molar-refractivity contribution in [2.75, 3.05) is 32.1 Å². The smallest absolute Gasteiger partial charge is 0.227 e. The maximum absolute atomic E-state index is 11.7. The van der Waals surface area contributed by atoms with Gasteiger partial charge in [-0.15, -0.1) is 23.7 Å². The number of carbonyl (C=O) groups excluding carboxylic acids is 1. The van der Waals surface area contributed by atoms with Gasteiger partial charge in [-0.2, -0.15) is 0 Å². The van der Waals surface area contributed by atoms with E-state index in [0.29, 0.717) is 31.3 Å². The number of ether oxygens (including phenoxy) is 2. The van der Waals surface area contributed by atoms with Crippen molar-refractivity contribution >= 4 is 34.8 Å². The number of fused-ring (bicyclic) bond motifs is 1. The molecule has 0 aliphatic carbocycles. The zero-order valence-corrected chi connectivity index (χ0v) is 14.3. The molecule has 1 aliphatic rings. The van der Waals surface area contributed by atoms with Crippen LogP contribution in [-0.2, 0) is 4.79 Å². The molecule has 2 N–H and O–H groups in total. The van der Waals surface area contributed by atoms with Crippen LogP contribution in [0.5, 0.6) is 11.5 Å². The zero-order valence-electron chi connectivity index (χ0n) is 12.6. The molecule has 1 aromatic carbocycles. The lowest BCUT2D eigenvalue weighted by atomic mass is 10.1. The summed E-state index contributed by atoms with van der Waals surface area (Å²) in [7, 11) is 1.82. The first-order valence-corrected chi connectivity index (χ1v) is 7.94. The molecule has 124 valence electrons. The van der Waals surface area contributed by atoms with E-state index in [2.05, 4.69) is 15.6 Å². The van der Waals surface area contributed by atoms with Crippen molar-refractivity contribution in [2.24, 2.45) is 0 Å². The van der Waals surface area contributed by atoms with Gasteiger partial charge in [0.25, 0.3) is 0 Å². The molecule has 0 unspecified atom stereocenters.